The molecule has 0 radical (unpaired) electrons. The molecule has 0 aliphatic carbocycles. The normalized spacial score (nSPS) is 10.6. The van der Waals surface area contributed by atoms with Crippen LogP contribution in [-0.2, 0) is 4.79 Å². The van der Waals surface area contributed by atoms with E-state index in [1.807, 2.05) is 31.2 Å². The molecule has 3 aromatic rings. The predicted octanol–water partition coefficient (Wildman–Crippen LogP) is 2.15. The summed E-state index contributed by atoms with van der Waals surface area (Å²) in [5, 5.41) is 1.72. The van der Waals surface area contributed by atoms with Crippen molar-refractivity contribution in [2.45, 2.75) is 13.8 Å². The van der Waals surface area contributed by atoms with E-state index in [0.29, 0.717) is 5.69 Å². The highest BCUT2D eigenvalue weighted by Crippen LogP contribution is 2.26. The molecule has 22 heavy (non-hydrogen) atoms. The Kier molecular flexibility index (Phi) is 3.64. The summed E-state index contributed by atoms with van der Waals surface area (Å²) < 4.78 is 1.78. The summed E-state index contributed by atoms with van der Waals surface area (Å²) in [4.78, 5) is 28.2. The molecule has 0 saturated heterocycles. The lowest BCUT2D eigenvalue weighted by molar-refractivity contribution is -0.119. The average Bonchev–Trinajstić information content (AvgIpc) is 3.07. The predicted molar refractivity (Wildman–Crippen MR) is 84.5 cm³/mol. The Labute approximate surface area is 130 Å². The smallest absolute Gasteiger partial charge is 0.278 e. The number of nitrogens with zero attached hydrogens (tertiary/aromatic N) is 2. The van der Waals surface area contributed by atoms with Crippen LogP contribution in [0.3, 0.4) is 0 Å². The summed E-state index contributed by atoms with van der Waals surface area (Å²) in [6, 6.07) is 8.01. The number of carbonyl (C=O) groups is 2. The highest BCUT2D eigenvalue weighted by molar-refractivity contribution is 7.15. The molecule has 112 valence electrons. The van der Waals surface area contributed by atoms with E-state index in [0.717, 1.165) is 16.2 Å². The average molecular weight is 314 g/mol. The minimum Gasteiger partial charge on any atom is -0.278 e. The van der Waals surface area contributed by atoms with Gasteiger partial charge in [-0.15, -0.1) is 11.3 Å². The van der Waals surface area contributed by atoms with E-state index >= 15 is 0 Å². The Morgan fingerprint density at radius 3 is 2.59 bits per heavy atom. The second-order valence-corrected chi connectivity index (χ2v) is 5.72. The third-order valence-corrected chi connectivity index (χ3v) is 4.02. The van der Waals surface area contributed by atoms with Crippen molar-refractivity contribution in [3.8, 4) is 11.3 Å². The van der Waals surface area contributed by atoms with Gasteiger partial charge in [0.15, 0.2) is 4.96 Å². The number of aromatic nitrogens is 2. The number of hydrazine groups is 1. The first-order valence-electron chi connectivity index (χ1n) is 6.65. The van der Waals surface area contributed by atoms with Crippen molar-refractivity contribution in [1.82, 2.24) is 20.2 Å². The van der Waals surface area contributed by atoms with Gasteiger partial charge in [0.1, 0.15) is 5.69 Å². The second kappa shape index (κ2) is 5.61. The van der Waals surface area contributed by atoms with E-state index in [1.54, 1.807) is 16.0 Å². The summed E-state index contributed by atoms with van der Waals surface area (Å²) >= 11 is 1.37. The zero-order chi connectivity index (χ0) is 15.7. The number of aryl methyl sites for hydroxylation is 1. The number of hydrogen-bond acceptors (Lipinski definition) is 4. The topological polar surface area (TPSA) is 75.5 Å². The molecule has 2 heterocycles. The largest absolute Gasteiger partial charge is 0.287 e. The molecule has 3 rings (SSSR count). The zero-order valence-corrected chi connectivity index (χ0v) is 12.9. The van der Waals surface area contributed by atoms with Crippen LogP contribution in [0.4, 0.5) is 0 Å². The maximum Gasteiger partial charge on any atom is 0.287 e. The molecular formula is C15H14N4O2S. The van der Waals surface area contributed by atoms with Crippen LogP contribution in [0.2, 0.25) is 0 Å². The number of hydrogen-bond donors (Lipinski definition) is 2. The fourth-order valence-corrected chi connectivity index (χ4v) is 2.95. The molecular weight excluding hydrogens is 300 g/mol. The van der Waals surface area contributed by atoms with E-state index in [-0.39, 0.29) is 11.8 Å². The fraction of sp³-hybridized carbons (Fsp3) is 0.133. The number of nitrogens with one attached hydrogen (secondary N) is 2. The molecule has 2 N–H and O–H groups in total. The van der Waals surface area contributed by atoms with Crippen LogP contribution >= 0.6 is 11.3 Å². The van der Waals surface area contributed by atoms with Crippen molar-refractivity contribution in [3.63, 3.8) is 0 Å². The van der Waals surface area contributed by atoms with Gasteiger partial charge >= 0.3 is 0 Å². The van der Waals surface area contributed by atoms with Crippen LogP contribution < -0.4 is 10.9 Å². The molecule has 1 aromatic carbocycles. The van der Waals surface area contributed by atoms with Gasteiger partial charge in [0.2, 0.25) is 5.91 Å². The van der Waals surface area contributed by atoms with E-state index in [9.17, 15) is 9.59 Å². The Morgan fingerprint density at radius 2 is 1.91 bits per heavy atom. The third-order valence-electron chi connectivity index (χ3n) is 3.18. The van der Waals surface area contributed by atoms with Gasteiger partial charge in [0, 0.05) is 17.9 Å². The van der Waals surface area contributed by atoms with E-state index in [2.05, 4.69) is 15.8 Å². The molecule has 0 aliphatic heterocycles. The van der Waals surface area contributed by atoms with Gasteiger partial charge in [0.25, 0.3) is 5.91 Å². The maximum absolute atomic E-state index is 12.2. The molecule has 0 fully saturated rings. The van der Waals surface area contributed by atoms with Crippen molar-refractivity contribution in [2.75, 3.05) is 0 Å². The van der Waals surface area contributed by atoms with Crippen molar-refractivity contribution >= 4 is 28.1 Å². The Balaban J connectivity index is 2.02. The minimum atomic E-state index is -0.382. The molecule has 7 heteroatoms. The molecule has 2 aromatic heterocycles. The van der Waals surface area contributed by atoms with Gasteiger partial charge in [-0.2, -0.15) is 0 Å². The fourth-order valence-electron chi connectivity index (χ4n) is 2.10. The molecule has 0 atom stereocenters. The monoisotopic (exact) mass is 314 g/mol. The lowest BCUT2D eigenvalue weighted by atomic mass is 10.1. The summed E-state index contributed by atoms with van der Waals surface area (Å²) in [5.41, 5.74) is 8.08. The van der Waals surface area contributed by atoms with Crippen LogP contribution in [0, 0.1) is 6.92 Å². The van der Waals surface area contributed by atoms with Crippen molar-refractivity contribution in [2.24, 2.45) is 0 Å². The number of imidazole rings is 1. The maximum atomic E-state index is 12.2. The van der Waals surface area contributed by atoms with E-state index < -0.39 is 0 Å². The first-order chi connectivity index (χ1) is 10.6. The van der Waals surface area contributed by atoms with Crippen molar-refractivity contribution < 1.29 is 9.59 Å². The van der Waals surface area contributed by atoms with Crippen LogP contribution in [0.25, 0.3) is 16.2 Å². The first kappa shape index (κ1) is 14.3. The van der Waals surface area contributed by atoms with Gasteiger partial charge in [-0.25, -0.2) is 4.98 Å². The summed E-state index contributed by atoms with van der Waals surface area (Å²) in [5.74, 6) is -0.711. The highest BCUT2D eigenvalue weighted by atomic mass is 32.1. The lowest BCUT2D eigenvalue weighted by Crippen LogP contribution is -2.40. The van der Waals surface area contributed by atoms with Crippen LogP contribution in [0.5, 0.6) is 0 Å². The number of benzene rings is 1. The Morgan fingerprint density at radius 1 is 1.18 bits per heavy atom. The zero-order valence-electron chi connectivity index (χ0n) is 12.1. The number of fused-ring (bicyclic) bond motifs is 1. The number of rotatable bonds is 2. The standard InChI is InChI=1S/C15H14N4O2S/c1-9-3-5-11(6-4-9)12-7-16-15-19(12)13(8-22-15)14(21)18-17-10(2)20/h3-8H,1-2H3,(H,17,20)(H,18,21). The van der Waals surface area contributed by atoms with Gasteiger partial charge in [-0.05, 0) is 6.92 Å². The quantitative estimate of drug-likeness (QED) is 0.712. The molecule has 0 unspecified atom stereocenters. The van der Waals surface area contributed by atoms with Crippen LogP contribution in [0.1, 0.15) is 23.0 Å². The van der Waals surface area contributed by atoms with E-state index in [4.69, 9.17) is 0 Å². The summed E-state index contributed by atoms with van der Waals surface area (Å²) in [7, 11) is 0. The van der Waals surface area contributed by atoms with Crippen molar-refractivity contribution in [1.29, 1.82) is 0 Å². The minimum absolute atomic E-state index is 0.329. The van der Waals surface area contributed by atoms with Crippen LogP contribution in [0.15, 0.2) is 35.8 Å². The molecule has 0 saturated carbocycles. The number of carbonyl (C=O) groups excluding carboxylic acids is 2. The summed E-state index contributed by atoms with van der Waals surface area (Å²) in [6.45, 7) is 3.35. The number of amides is 2. The third kappa shape index (κ3) is 2.58. The highest BCUT2D eigenvalue weighted by Gasteiger charge is 2.17. The summed E-state index contributed by atoms with van der Waals surface area (Å²) in [6.07, 6.45) is 1.74. The van der Waals surface area contributed by atoms with Gasteiger partial charge in [-0.3, -0.25) is 24.8 Å². The number of thiazole rings is 1. The van der Waals surface area contributed by atoms with Gasteiger partial charge in [0.05, 0.1) is 11.9 Å². The van der Waals surface area contributed by atoms with Gasteiger partial charge in [-0.1, -0.05) is 29.8 Å². The Hall–Kier alpha value is -2.67. The molecule has 0 aliphatic rings. The van der Waals surface area contributed by atoms with E-state index in [1.165, 1.54) is 23.8 Å². The van der Waals surface area contributed by atoms with Gasteiger partial charge < -0.3 is 0 Å². The molecule has 2 amide bonds. The molecule has 0 bridgehead atoms. The first-order valence-corrected chi connectivity index (χ1v) is 7.53. The van der Waals surface area contributed by atoms with Crippen LogP contribution in [-0.4, -0.2) is 21.2 Å². The lowest BCUT2D eigenvalue weighted by Gasteiger charge is -2.06. The van der Waals surface area contributed by atoms with Crippen molar-refractivity contribution in [3.05, 3.63) is 47.1 Å². The molecule has 0 spiro atoms. The second-order valence-electron chi connectivity index (χ2n) is 4.88. The molecule has 6 nitrogen and oxygen atoms in total. The Bertz CT molecular complexity index is 848. The SMILES string of the molecule is CC(=O)NNC(=O)c1csc2ncc(-c3ccc(C)cc3)n12.